The molecule has 3 unspecified atom stereocenters. The van der Waals surface area contributed by atoms with Gasteiger partial charge in [-0.1, -0.05) is 19.1 Å². The van der Waals surface area contributed by atoms with Gasteiger partial charge in [-0.3, -0.25) is 9.59 Å². The fraction of sp³-hybridized carbons (Fsp3) is 0.467. The highest BCUT2D eigenvalue weighted by atomic mass is 19.1. The number of hydrogen-bond donors (Lipinski definition) is 2. The van der Waals surface area contributed by atoms with E-state index in [2.05, 4.69) is 5.32 Å². The maximum absolute atomic E-state index is 12.9. The largest absolute Gasteiger partial charge is 0.481 e. The molecule has 0 fully saturated rings. The van der Waals surface area contributed by atoms with Gasteiger partial charge in [0.1, 0.15) is 5.82 Å². The molecule has 0 saturated carbocycles. The van der Waals surface area contributed by atoms with Crippen LogP contribution in [0.25, 0.3) is 0 Å². The Morgan fingerprint density at radius 3 is 2.25 bits per heavy atom. The van der Waals surface area contributed by atoms with E-state index in [0.29, 0.717) is 6.42 Å². The fourth-order valence-electron chi connectivity index (χ4n) is 1.93. The number of aliphatic carboxylic acids is 1. The number of rotatable bonds is 6. The lowest BCUT2D eigenvalue weighted by atomic mass is 9.94. The summed E-state index contributed by atoms with van der Waals surface area (Å²) in [7, 11) is 0. The summed E-state index contributed by atoms with van der Waals surface area (Å²) in [5, 5.41) is 11.6. The fourth-order valence-corrected chi connectivity index (χ4v) is 1.93. The molecular weight excluding hydrogens is 261 g/mol. The van der Waals surface area contributed by atoms with Crippen LogP contribution in [0, 0.1) is 11.7 Å². The Hall–Kier alpha value is -1.91. The summed E-state index contributed by atoms with van der Waals surface area (Å²) < 4.78 is 12.9. The second kappa shape index (κ2) is 7.03. The van der Waals surface area contributed by atoms with Gasteiger partial charge in [0, 0.05) is 6.04 Å². The Labute approximate surface area is 118 Å². The first kappa shape index (κ1) is 16.1. The third-order valence-corrected chi connectivity index (χ3v) is 3.51. The van der Waals surface area contributed by atoms with Crippen LogP contribution in [-0.2, 0) is 9.59 Å². The molecule has 4 nitrogen and oxygen atoms in total. The number of hydrogen-bond acceptors (Lipinski definition) is 2. The van der Waals surface area contributed by atoms with E-state index in [-0.39, 0.29) is 11.7 Å². The molecule has 2 N–H and O–H groups in total. The summed E-state index contributed by atoms with van der Waals surface area (Å²) in [4.78, 5) is 23.1. The van der Waals surface area contributed by atoms with Crippen LogP contribution >= 0.6 is 0 Å². The maximum atomic E-state index is 12.9. The lowest BCUT2D eigenvalue weighted by Crippen LogP contribution is -2.42. The SMILES string of the molecule is CCC(C(=O)NC(C)C(C)C(=O)O)c1ccc(F)cc1. The molecule has 20 heavy (non-hydrogen) atoms. The van der Waals surface area contributed by atoms with Crippen LogP contribution in [0.3, 0.4) is 0 Å². The van der Waals surface area contributed by atoms with Crippen molar-refractivity contribution in [2.24, 2.45) is 5.92 Å². The molecule has 110 valence electrons. The average molecular weight is 281 g/mol. The summed E-state index contributed by atoms with van der Waals surface area (Å²) in [6.45, 7) is 5.07. The van der Waals surface area contributed by atoms with E-state index in [1.165, 1.54) is 12.1 Å². The van der Waals surface area contributed by atoms with E-state index in [0.717, 1.165) is 5.56 Å². The standard InChI is InChI=1S/C15H20FNO3/c1-4-13(11-5-7-12(16)8-6-11)14(18)17-10(3)9(2)15(19)20/h5-10,13H,4H2,1-3H3,(H,17,18)(H,19,20). The van der Waals surface area contributed by atoms with Crippen LogP contribution in [0.5, 0.6) is 0 Å². The zero-order chi connectivity index (χ0) is 15.3. The first-order valence-corrected chi connectivity index (χ1v) is 6.65. The highest BCUT2D eigenvalue weighted by Crippen LogP contribution is 2.20. The van der Waals surface area contributed by atoms with Crippen LogP contribution in [0.2, 0.25) is 0 Å². The van der Waals surface area contributed by atoms with Gasteiger partial charge in [0.15, 0.2) is 0 Å². The van der Waals surface area contributed by atoms with Crippen molar-refractivity contribution in [3.8, 4) is 0 Å². The molecular formula is C15H20FNO3. The Morgan fingerprint density at radius 2 is 1.80 bits per heavy atom. The van der Waals surface area contributed by atoms with Crippen molar-refractivity contribution in [3.05, 3.63) is 35.6 Å². The van der Waals surface area contributed by atoms with Crippen LogP contribution < -0.4 is 5.32 Å². The highest BCUT2D eigenvalue weighted by Gasteiger charge is 2.25. The molecule has 1 amide bonds. The molecule has 0 radical (unpaired) electrons. The van der Waals surface area contributed by atoms with Gasteiger partial charge < -0.3 is 10.4 Å². The molecule has 0 bridgehead atoms. The quantitative estimate of drug-likeness (QED) is 0.842. The van der Waals surface area contributed by atoms with Crippen molar-refractivity contribution in [3.63, 3.8) is 0 Å². The van der Waals surface area contributed by atoms with Crippen molar-refractivity contribution in [2.75, 3.05) is 0 Å². The normalized spacial score (nSPS) is 15.2. The Morgan fingerprint density at radius 1 is 1.25 bits per heavy atom. The van der Waals surface area contributed by atoms with Crippen LogP contribution in [0.15, 0.2) is 24.3 Å². The average Bonchev–Trinajstić information content (AvgIpc) is 2.40. The summed E-state index contributed by atoms with van der Waals surface area (Å²) in [6.07, 6.45) is 0.561. The molecule has 0 aromatic heterocycles. The minimum Gasteiger partial charge on any atom is -0.481 e. The highest BCUT2D eigenvalue weighted by molar-refractivity contribution is 5.84. The molecule has 0 spiro atoms. The third-order valence-electron chi connectivity index (χ3n) is 3.51. The molecule has 0 heterocycles. The number of carboxylic acids is 1. The van der Waals surface area contributed by atoms with Crippen LogP contribution in [0.1, 0.15) is 38.7 Å². The van der Waals surface area contributed by atoms with E-state index in [9.17, 15) is 14.0 Å². The lowest BCUT2D eigenvalue weighted by Gasteiger charge is -2.22. The lowest BCUT2D eigenvalue weighted by molar-refractivity contribution is -0.142. The van der Waals surface area contributed by atoms with Gasteiger partial charge in [-0.2, -0.15) is 0 Å². The molecule has 3 atom stereocenters. The zero-order valence-electron chi connectivity index (χ0n) is 11.9. The molecule has 0 aliphatic rings. The molecule has 0 saturated heterocycles. The van der Waals surface area contributed by atoms with E-state index in [1.54, 1.807) is 26.0 Å². The van der Waals surface area contributed by atoms with Gasteiger partial charge in [0.05, 0.1) is 11.8 Å². The predicted molar refractivity (Wildman–Crippen MR) is 73.8 cm³/mol. The summed E-state index contributed by atoms with van der Waals surface area (Å²) in [5.41, 5.74) is 0.724. The maximum Gasteiger partial charge on any atom is 0.308 e. The molecule has 0 aliphatic carbocycles. The second-order valence-electron chi connectivity index (χ2n) is 4.94. The number of carbonyl (C=O) groups is 2. The number of halogens is 1. The van der Waals surface area contributed by atoms with Gasteiger partial charge in [0.2, 0.25) is 5.91 Å². The number of nitrogens with one attached hydrogen (secondary N) is 1. The van der Waals surface area contributed by atoms with Crippen LogP contribution in [-0.4, -0.2) is 23.0 Å². The van der Waals surface area contributed by atoms with Gasteiger partial charge in [-0.15, -0.1) is 0 Å². The number of benzene rings is 1. The third kappa shape index (κ3) is 4.05. The molecule has 1 aromatic rings. The van der Waals surface area contributed by atoms with Crippen molar-refractivity contribution in [2.45, 2.75) is 39.2 Å². The number of carbonyl (C=O) groups excluding carboxylic acids is 1. The Kier molecular flexibility index (Phi) is 5.67. The topological polar surface area (TPSA) is 66.4 Å². The summed E-state index contributed by atoms with van der Waals surface area (Å²) in [6, 6.07) is 5.32. The summed E-state index contributed by atoms with van der Waals surface area (Å²) in [5.74, 6) is -2.60. The molecule has 1 rings (SSSR count). The number of carboxylic acid groups (broad SMARTS) is 1. The first-order chi connectivity index (χ1) is 9.36. The van der Waals surface area contributed by atoms with E-state index in [1.807, 2.05) is 6.92 Å². The van der Waals surface area contributed by atoms with Gasteiger partial charge in [0.25, 0.3) is 0 Å². The zero-order valence-corrected chi connectivity index (χ0v) is 11.9. The monoisotopic (exact) mass is 281 g/mol. The van der Waals surface area contributed by atoms with Crippen molar-refractivity contribution < 1.29 is 19.1 Å². The van der Waals surface area contributed by atoms with E-state index in [4.69, 9.17) is 5.11 Å². The van der Waals surface area contributed by atoms with Gasteiger partial charge in [-0.25, -0.2) is 4.39 Å². The molecule has 0 aliphatic heterocycles. The first-order valence-electron chi connectivity index (χ1n) is 6.65. The van der Waals surface area contributed by atoms with Crippen LogP contribution in [0.4, 0.5) is 4.39 Å². The Bertz CT molecular complexity index is 473. The minimum absolute atomic E-state index is 0.236. The number of amides is 1. The smallest absolute Gasteiger partial charge is 0.308 e. The Balaban J connectivity index is 2.77. The predicted octanol–water partition coefficient (Wildman–Crippen LogP) is 2.54. The minimum atomic E-state index is -0.951. The van der Waals surface area contributed by atoms with Crippen molar-refractivity contribution in [1.29, 1.82) is 0 Å². The summed E-state index contributed by atoms with van der Waals surface area (Å²) >= 11 is 0. The van der Waals surface area contributed by atoms with Crippen molar-refractivity contribution in [1.82, 2.24) is 5.32 Å². The van der Waals surface area contributed by atoms with E-state index >= 15 is 0 Å². The molecule has 5 heteroatoms. The van der Waals surface area contributed by atoms with E-state index < -0.39 is 23.8 Å². The second-order valence-corrected chi connectivity index (χ2v) is 4.94. The van der Waals surface area contributed by atoms with Gasteiger partial charge >= 0.3 is 5.97 Å². The van der Waals surface area contributed by atoms with Gasteiger partial charge in [-0.05, 0) is 38.0 Å². The molecule has 1 aromatic carbocycles. The van der Waals surface area contributed by atoms with Crippen molar-refractivity contribution >= 4 is 11.9 Å².